The van der Waals surface area contributed by atoms with E-state index in [1.54, 1.807) is 37.3 Å². The fourth-order valence-electron chi connectivity index (χ4n) is 4.50. The third-order valence-corrected chi connectivity index (χ3v) is 7.25. The van der Waals surface area contributed by atoms with E-state index in [1.165, 1.54) is 11.3 Å². The van der Waals surface area contributed by atoms with E-state index in [4.69, 9.17) is 9.47 Å². The molecule has 37 heavy (non-hydrogen) atoms. The quantitative estimate of drug-likeness (QED) is 0.304. The van der Waals surface area contributed by atoms with Crippen LogP contribution in [0.25, 0.3) is 27.5 Å². The number of nitrogens with zero attached hydrogens (tertiary/aromatic N) is 2. The molecule has 0 aliphatic heterocycles. The molecule has 11 heteroatoms. The fraction of sp³-hybridized carbons (Fsp3) is 0.192. The second-order valence-corrected chi connectivity index (χ2v) is 9.79. The first kappa shape index (κ1) is 24.7. The number of methoxy groups -OCH3 is 2. The predicted octanol–water partition coefficient (Wildman–Crippen LogP) is 4.08. The second-order valence-electron chi connectivity index (χ2n) is 8.43. The van der Waals surface area contributed by atoms with Crippen LogP contribution >= 0.6 is 23.3 Å². The van der Waals surface area contributed by atoms with Crippen molar-refractivity contribution in [3.63, 3.8) is 0 Å². The highest BCUT2D eigenvalue weighted by atomic mass is 32.2. The van der Waals surface area contributed by atoms with Crippen LogP contribution in [0.5, 0.6) is 11.5 Å². The number of aromatic nitrogens is 3. The Hall–Kier alpha value is -3.96. The summed E-state index contributed by atoms with van der Waals surface area (Å²) in [4.78, 5) is 43.2. The van der Waals surface area contributed by atoms with Gasteiger partial charge in [0.05, 0.1) is 36.3 Å². The second kappa shape index (κ2) is 9.83. The Morgan fingerprint density at radius 2 is 1.78 bits per heavy atom. The first-order valence-corrected chi connectivity index (χ1v) is 13.4. The Morgan fingerprint density at radius 1 is 1.05 bits per heavy atom. The summed E-state index contributed by atoms with van der Waals surface area (Å²) in [5.74, 6) is 0.781. The molecule has 3 aromatic heterocycles. The van der Waals surface area contributed by atoms with Gasteiger partial charge in [-0.2, -0.15) is 0 Å². The number of hydrogen-bond acceptors (Lipinski definition) is 7. The van der Waals surface area contributed by atoms with Crippen molar-refractivity contribution >= 4 is 51.0 Å². The Labute approximate surface area is 219 Å². The molecule has 0 saturated carbocycles. The molecule has 2 aromatic carbocycles. The molecule has 5 aromatic rings. The average molecular weight is 537 g/mol. The molecule has 190 valence electrons. The van der Waals surface area contributed by atoms with Crippen molar-refractivity contribution in [1.29, 1.82) is 0 Å². The van der Waals surface area contributed by atoms with Gasteiger partial charge in [-0.15, -0.1) is 11.3 Å². The number of aryl methyl sites for hydroxylation is 1. The molecule has 0 aliphatic rings. The normalized spacial score (nSPS) is 11.2. The lowest BCUT2D eigenvalue weighted by Gasteiger charge is -2.14. The van der Waals surface area contributed by atoms with Gasteiger partial charge in [0.1, 0.15) is 17.2 Å². The summed E-state index contributed by atoms with van der Waals surface area (Å²) in [6.45, 7) is 2.18. The molecule has 0 fully saturated rings. The van der Waals surface area contributed by atoms with Gasteiger partial charge in [0, 0.05) is 35.0 Å². The van der Waals surface area contributed by atoms with Crippen LogP contribution in [-0.4, -0.2) is 40.5 Å². The van der Waals surface area contributed by atoms with Gasteiger partial charge < -0.3 is 19.0 Å². The van der Waals surface area contributed by atoms with E-state index in [1.807, 2.05) is 41.8 Å². The number of carbonyl (C=O) groups is 1. The van der Waals surface area contributed by atoms with Gasteiger partial charge in [-0.3, -0.25) is 14.3 Å². The van der Waals surface area contributed by atoms with Crippen LogP contribution < -0.4 is 25.4 Å². The Bertz CT molecular complexity index is 1760. The summed E-state index contributed by atoms with van der Waals surface area (Å²) < 4.78 is 16.5. The van der Waals surface area contributed by atoms with Crippen molar-refractivity contribution in [1.82, 2.24) is 18.8 Å². The van der Waals surface area contributed by atoms with Crippen LogP contribution in [0.2, 0.25) is 0 Å². The van der Waals surface area contributed by atoms with E-state index >= 15 is 0 Å². The van der Waals surface area contributed by atoms with E-state index in [9.17, 15) is 14.4 Å². The summed E-state index contributed by atoms with van der Waals surface area (Å²) in [6, 6.07) is 11.2. The van der Waals surface area contributed by atoms with Crippen molar-refractivity contribution < 1.29 is 14.3 Å². The van der Waals surface area contributed by atoms with E-state index in [0.29, 0.717) is 33.3 Å². The number of benzene rings is 2. The Morgan fingerprint density at radius 3 is 2.46 bits per heavy atom. The van der Waals surface area contributed by atoms with Crippen molar-refractivity contribution in [2.45, 2.75) is 13.5 Å². The number of amides is 1. The summed E-state index contributed by atoms with van der Waals surface area (Å²) >= 11 is 2.46. The molecular weight excluding hydrogens is 512 g/mol. The van der Waals surface area contributed by atoms with Gasteiger partial charge in [0.15, 0.2) is 0 Å². The van der Waals surface area contributed by atoms with Crippen LogP contribution in [0.3, 0.4) is 0 Å². The predicted molar refractivity (Wildman–Crippen MR) is 148 cm³/mol. The lowest BCUT2D eigenvalue weighted by molar-refractivity contribution is 0.0976. The highest BCUT2D eigenvalue weighted by molar-refractivity contribution is 7.97. The van der Waals surface area contributed by atoms with Crippen molar-refractivity contribution in [3.05, 3.63) is 84.8 Å². The zero-order valence-electron chi connectivity index (χ0n) is 20.6. The van der Waals surface area contributed by atoms with E-state index in [2.05, 4.69) is 9.71 Å². The van der Waals surface area contributed by atoms with Crippen LogP contribution in [0.1, 0.15) is 21.6 Å². The first-order chi connectivity index (χ1) is 17.9. The molecule has 2 N–H and O–H groups in total. The molecule has 1 amide bonds. The lowest BCUT2D eigenvalue weighted by atomic mass is 10.1. The summed E-state index contributed by atoms with van der Waals surface area (Å²) in [7, 11) is 3.14. The summed E-state index contributed by atoms with van der Waals surface area (Å²) in [5, 5.41) is 4.40. The Balaban J connectivity index is 1.87. The minimum Gasteiger partial charge on any atom is -0.497 e. The molecule has 0 saturated heterocycles. The Kier molecular flexibility index (Phi) is 6.57. The van der Waals surface area contributed by atoms with Gasteiger partial charge in [0.2, 0.25) is 0 Å². The maximum atomic E-state index is 13.6. The van der Waals surface area contributed by atoms with Crippen LogP contribution in [-0.2, 0) is 6.54 Å². The summed E-state index contributed by atoms with van der Waals surface area (Å²) in [5.41, 5.74) is 2.23. The molecular formula is C26H24N4O5S2. The van der Waals surface area contributed by atoms with Crippen molar-refractivity contribution in [2.75, 3.05) is 20.5 Å². The third kappa shape index (κ3) is 4.30. The number of carbonyl (C=O) groups excluding carboxylic acids is 1. The number of H-pyrrole nitrogens is 1. The van der Waals surface area contributed by atoms with E-state index in [0.717, 1.165) is 27.6 Å². The van der Waals surface area contributed by atoms with Crippen LogP contribution in [0, 0.1) is 6.92 Å². The monoisotopic (exact) mass is 536 g/mol. The fourth-order valence-corrected chi connectivity index (χ4v) is 5.54. The number of fused-ring (bicyclic) bond motifs is 2. The number of rotatable bonds is 7. The molecule has 0 unspecified atom stereocenters. The van der Waals surface area contributed by atoms with Gasteiger partial charge in [0.25, 0.3) is 11.5 Å². The van der Waals surface area contributed by atoms with Crippen LogP contribution in [0.15, 0.2) is 56.7 Å². The van der Waals surface area contributed by atoms with Crippen molar-refractivity contribution in [2.24, 2.45) is 0 Å². The van der Waals surface area contributed by atoms with E-state index < -0.39 is 17.2 Å². The first-order valence-electron chi connectivity index (χ1n) is 11.3. The molecule has 3 heterocycles. The average Bonchev–Trinajstić information content (AvgIpc) is 3.47. The minimum absolute atomic E-state index is 0.193. The highest BCUT2D eigenvalue weighted by Crippen LogP contribution is 2.32. The molecule has 0 bridgehead atoms. The maximum absolute atomic E-state index is 13.6. The standard InChI is InChI=1S/C26H24N4O5S2/c1-14-5-6-21-18(7-14)22(30-25(32)19-12-37-13-20(19)27-26(30)33)23(24(31)28-36-4)29(21)11-15-8-16(34-2)10-17(9-15)35-3/h5-10,12-13H,11H2,1-4H3,(H,27,33)(H,28,31). The minimum atomic E-state index is -0.613. The van der Waals surface area contributed by atoms with Gasteiger partial charge in [-0.1, -0.05) is 23.6 Å². The SMILES string of the molecule is COc1cc(Cn2c(C(=O)NSC)c(-n3c(=O)[nH]c4cscc4c3=O)c3cc(C)ccc32)cc(OC)c1. The third-order valence-electron chi connectivity index (χ3n) is 6.12. The van der Waals surface area contributed by atoms with Crippen LogP contribution in [0.4, 0.5) is 0 Å². The van der Waals surface area contributed by atoms with E-state index in [-0.39, 0.29) is 17.9 Å². The number of hydrogen-bond donors (Lipinski definition) is 2. The number of ether oxygens (including phenoxy) is 2. The zero-order chi connectivity index (χ0) is 26.3. The van der Waals surface area contributed by atoms with Crippen molar-refractivity contribution in [3.8, 4) is 17.2 Å². The number of nitrogens with one attached hydrogen (secondary N) is 2. The smallest absolute Gasteiger partial charge is 0.333 e. The lowest BCUT2D eigenvalue weighted by Crippen LogP contribution is -2.35. The topological polar surface area (TPSA) is 107 Å². The van der Waals surface area contributed by atoms with Gasteiger partial charge in [-0.25, -0.2) is 9.36 Å². The number of thiophene rings is 1. The zero-order valence-corrected chi connectivity index (χ0v) is 22.2. The largest absolute Gasteiger partial charge is 0.497 e. The maximum Gasteiger partial charge on any atom is 0.333 e. The molecule has 9 nitrogen and oxygen atoms in total. The van der Waals surface area contributed by atoms with Gasteiger partial charge in [-0.05, 0) is 36.8 Å². The molecule has 5 rings (SSSR count). The summed E-state index contributed by atoms with van der Waals surface area (Å²) in [6.07, 6.45) is 1.73. The molecule has 0 aliphatic carbocycles. The molecule has 0 radical (unpaired) electrons. The number of aromatic amines is 1. The highest BCUT2D eigenvalue weighted by Gasteiger charge is 2.27. The van der Waals surface area contributed by atoms with Gasteiger partial charge >= 0.3 is 5.69 Å². The molecule has 0 atom stereocenters. The molecule has 0 spiro atoms.